The molecule has 0 radical (unpaired) electrons. The lowest BCUT2D eigenvalue weighted by Crippen LogP contribution is -2.27. The second kappa shape index (κ2) is 7.09. The van der Waals surface area contributed by atoms with E-state index in [9.17, 15) is 27.6 Å². The second-order valence-corrected chi connectivity index (χ2v) is 2.91. The van der Waals surface area contributed by atoms with Gasteiger partial charge < -0.3 is 30.9 Å². The maximum atomic E-state index is 10.4. The highest BCUT2D eigenvalue weighted by Crippen LogP contribution is 1.97. The molecule has 0 saturated carbocycles. The Balaban J connectivity index is -0.000000980. The van der Waals surface area contributed by atoms with Crippen molar-refractivity contribution in [3.63, 3.8) is 0 Å². The summed E-state index contributed by atoms with van der Waals surface area (Å²) in [6, 6.07) is 0. The van der Waals surface area contributed by atoms with Crippen LogP contribution >= 0.6 is 0 Å². The molecule has 17 heavy (non-hydrogen) atoms. The van der Waals surface area contributed by atoms with Crippen LogP contribution in [0.3, 0.4) is 0 Å². The van der Waals surface area contributed by atoms with E-state index in [0.717, 1.165) is 0 Å². The predicted octanol–water partition coefficient (Wildman–Crippen LogP) is -2.19. The smallest absolute Gasteiger partial charge is 0.473 e. The molecule has 0 bridgehead atoms. The first-order valence-electron chi connectivity index (χ1n) is 2.84. The Hall–Kier alpha value is -2.25. The van der Waals surface area contributed by atoms with Gasteiger partial charge in [-0.15, -0.1) is 8.42 Å². The number of aliphatic carboxylic acids is 2. The van der Waals surface area contributed by atoms with Crippen LogP contribution in [0.15, 0.2) is 0 Å². The van der Waals surface area contributed by atoms with E-state index in [2.05, 4.69) is 8.37 Å². The van der Waals surface area contributed by atoms with Gasteiger partial charge >= 0.3 is 34.3 Å². The number of carbonyl (C=O) groups excluding carboxylic acids is 2. The fraction of sp³-hybridized carbons (Fsp3) is 0. The van der Waals surface area contributed by atoms with Gasteiger partial charge in [-0.05, 0) is 0 Å². The summed E-state index contributed by atoms with van der Waals surface area (Å²) in [5.41, 5.74) is 0. The van der Waals surface area contributed by atoms with E-state index in [1.807, 2.05) is 0 Å². The number of rotatable bonds is 2. The molecule has 0 rings (SSSR count). The number of hydrogen-bond donors (Lipinski definition) is 4. The number of carboxylic acids is 2. The summed E-state index contributed by atoms with van der Waals surface area (Å²) in [4.78, 5) is 39.9. The van der Waals surface area contributed by atoms with Crippen LogP contribution in [0.4, 0.5) is 0 Å². The van der Waals surface area contributed by atoms with Crippen molar-refractivity contribution in [1.29, 1.82) is 0 Å². The van der Waals surface area contributed by atoms with Crippen molar-refractivity contribution in [3.05, 3.63) is 0 Å². The Morgan fingerprint density at radius 3 is 1.18 bits per heavy atom. The van der Waals surface area contributed by atoms with Crippen LogP contribution in [0.1, 0.15) is 0 Å². The maximum Gasteiger partial charge on any atom is 0.507 e. The van der Waals surface area contributed by atoms with Crippen molar-refractivity contribution < 1.29 is 46.2 Å². The van der Waals surface area contributed by atoms with Gasteiger partial charge in [-0.1, -0.05) is 0 Å². The van der Waals surface area contributed by atoms with Gasteiger partial charge in [0.2, 0.25) is 0 Å². The zero-order chi connectivity index (χ0) is 12.2. The Bertz CT molecular complexity index is 390. The molecule has 0 unspecified atom stereocenters. The molecule has 0 aliphatic carbocycles. The van der Waals surface area contributed by atoms with Gasteiger partial charge in [0, 0.05) is 0 Å². The Labute approximate surface area is 93.6 Å². The fourth-order valence-corrected chi connectivity index (χ4v) is 0.821. The average molecular weight is 276 g/mol. The van der Waals surface area contributed by atoms with Crippen molar-refractivity contribution in [2.24, 2.45) is 0 Å². The number of hydrogen-bond acceptors (Lipinski definition) is 10. The van der Waals surface area contributed by atoms with Crippen LogP contribution in [0.2, 0.25) is 0 Å². The molecule has 0 aliphatic heterocycles. The maximum absolute atomic E-state index is 10.4. The van der Waals surface area contributed by atoms with Crippen molar-refractivity contribution in [2.75, 3.05) is 0 Å². The van der Waals surface area contributed by atoms with Crippen LogP contribution < -0.4 is 12.3 Å². The van der Waals surface area contributed by atoms with Gasteiger partial charge in [-0.3, -0.25) is 0 Å². The van der Waals surface area contributed by atoms with Crippen LogP contribution in [0, 0.1) is 0 Å². The largest absolute Gasteiger partial charge is 0.507 e. The van der Waals surface area contributed by atoms with E-state index < -0.39 is 34.3 Å². The van der Waals surface area contributed by atoms with E-state index >= 15 is 0 Å². The van der Waals surface area contributed by atoms with E-state index in [1.165, 1.54) is 0 Å². The molecule has 0 atom stereocenters. The van der Waals surface area contributed by atoms with Gasteiger partial charge in [-0.2, -0.15) is 0 Å². The summed E-state index contributed by atoms with van der Waals surface area (Å²) in [6.45, 7) is 0. The molecular weight excluding hydrogens is 268 g/mol. The zero-order valence-corrected chi connectivity index (χ0v) is 8.80. The summed E-state index contributed by atoms with van der Waals surface area (Å²) in [6.07, 6.45) is 0. The highest BCUT2D eigenvalue weighted by atomic mass is 32.3. The summed E-state index contributed by atoms with van der Waals surface area (Å²) in [7, 11) is -5.33. The predicted molar refractivity (Wildman–Crippen MR) is 46.4 cm³/mol. The third kappa shape index (κ3) is 7.65. The molecule has 12 nitrogen and oxygen atoms in total. The summed E-state index contributed by atoms with van der Waals surface area (Å²) in [5.74, 6) is -9.00. The van der Waals surface area contributed by atoms with Crippen LogP contribution in [0.25, 0.3) is 0 Å². The molecular formula is C4H8N2O10S. The minimum Gasteiger partial charge on any atom is -0.473 e. The Morgan fingerprint density at radius 2 is 1.00 bits per heavy atom. The third-order valence-electron chi connectivity index (χ3n) is 0.705. The van der Waals surface area contributed by atoms with Crippen molar-refractivity contribution in [3.8, 4) is 0 Å². The minimum absolute atomic E-state index is 0. The molecule has 8 N–H and O–H groups in total. The molecule has 0 heterocycles. The van der Waals surface area contributed by atoms with E-state index in [-0.39, 0.29) is 12.3 Å². The van der Waals surface area contributed by atoms with Gasteiger partial charge in [-0.25, -0.2) is 19.2 Å². The third-order valence-corrected chi connectivity index (χ3v) is 1.42. The minimum atomic E-state index is -5.33. The SMILES string of the molecule is N.N.O=C(O)C(=O)OS(=O)(=O)OC(=O)C(=O)O. The lowest BCUT2D eigenvalue weighted by atomic mass is 10.7. The van der Waals surface area contributed by atoms with Crippen LogP contribution in [0.5, 0.6) is 0 Å². The van der Waals surface area contributed by atoms with E-state index in [1.54, 1.807) is 0 Å². The van der Waals surface area contributed by atoms with E-state index in [0.29, 0.717) is 0 Å². The van der Waals surface area contributed by atoms with Crippen molar-refractivity contribution >= 4 is 34.3 Å². The molecule has 0 spiro atoms. The summed E-state index contributed by atoms with van der Waals surface area (Å²) in [5, 5.41) is 15.8. The second-order valence-electron chi connectivity index (χ2n) is 1.76. The first-order valence-corrected chi connectivity index (χ1v) is 4.17. The summed E-state index contributed by atoms with van der Waals surface area (Å²) >= 11 is 0. The molecule has 0 saturated heterocycles. The molecule has 0 amide bonds. The molecule has 0 aromatic heterocycles. The monoisotopic (exact) mass is 276 g/mol. The van der Waals surface area contributed by atoms with Gasteiger partial charge in [0.25, 0.3) is 0 Å². The fourth-order valence-electron chi connectivity index (χ4n) is 0.274. The average Bonchev–Trinajstić information content (AvgIpc) is 2.01. The van der Waals surface area contributed by atoms with Crippen LogP contribution in [-0.2, 0) is 37.9 Å². The lowest BCUT2D eigenvalue weighted by Gasteiger charge is -2.00. The summed E-state index contributed by atoms with van der Waals surface area (Å²) < 4.78 is 27.2. The zero-order valence-electron chi connectivity index (χ0n) is 7.98. The molecule has 0 fully saturated rings. The molecule has 0 aromatic rings. The number of carboxylic acid groups (broad SMARTS) is 2. The Kier molecular flexibility index (Phi) is 8.43. The highest BCUT2D eigenvalue weighted by Gasteiger charge is 2.29. The Morgan fingerprint density at radius 1 is 0.765 bits per heavy atom. The van der Waals surface area contributed by atoms with Gasteiger partial charge in [0.1, 0.15) is 0 Å². The topological polar surface area (TPSA) is 231 Å². The van der Waals surface area contributed by atoms with Crippen molar-refractivity contribution in [2.45, 2.75) is 0 Å². The molecule has 100 valence electrons. The molecule has 0 aromatic carbocycles. The van der Waals surface area contributed by atoms with E-state index in [4.69, 9.17) is 10.2 Å². The highest BCUT2D eigenvalue weighted by molar-refractivity contribution is 7.82. The molecule has 0 aliphatic rings. The quantitative estimate of drug-likeness (QED) is 0.393. The first kappa shape index (κ1) is 20.2. The van der Waals surface area contributed by atoms with Gasteiger partial charge in [0.15, 0.2) is 0 Å². The molecule has 13 heteroatoms. The number of carbonyl (C=O) groups is 4. The van der Waals surface area contributed by atoms with Crippen LogP contribution in [-0.4, -0.2) is 42.5 Å². The standard InChI is InChI=1S/C4H2O10S.2H3N/c5-1(6)3(9)13-15(11,12)14-4(10)2(7)8;;/h(H,5,6)(H,7,8);2*1H3. The lowest BCUT2D eigenvalue weighted by molar-refractivity contribution is -0.160. The van der Waals surface area contributed by atoms with Gasteiger partial charge in [0.05, 0.1) is 0 Å². The van der Waals surface area contributed by atoms with Crippen molar-refractivity contribution in [1.82, 2.24) is 12.3 Å². The first-order chi connectivity index (χ1) is 6.65. The normalized spacial score (nSPS) is 8.94.